The second kappa shape index (κ2) is 5.53. The van der Waals surface area contributed by atoms with Gasteiger partial charge in [0.1, 0.15) is 0 Å². The molecule has 0 spiro atoms. The zero-order chi connectivity index (χ0) is 10.5. The summed E-state index contributed by atoms with van der Waals surface area (Å²) in [5.41, 5.74) is 1.42. The Kier molecular flexibility index (Phi) is 4.04. The maximum atomic E-state index is 5.77. The Bertz CT molecular complexity index is 286. The molecule has 1 heterocycles. The molecular formula is C13H18ClN. The minimum atomic E-state index is 0.809. The van der Waals surface area contributed by atoms with Crippen LogP contribution in [-0.2, 0) is 6.54 Å². The fourth-order valence-corrected chi connectivity index (χ4v) is 2.60. The van der Waals surface area contributed by atoms with E-state index in [-0.39, 0.29) is 0 Å². The standard InChI is InChI=1S/C13H18ClN/c14-8-6-13-7-9-15(11-13)10-12-4-2-1-3-5-12/h1-5,13H,6-11H2/t13-/m0/s1. The summed E-state index contributed by atoms with van der Waals surface area (Å²) in [5, 5.41) is 0. The van der Waals surface area contributed by atoms with Crippen LogP contribution in [-0.4, -0.2) is 23.9 Å². The molecule has 0 aromatic heterocycles. The number of hydrogen-bond acceptors (Lipinski definition) is 1. The van der Waals surface area contributed by atoms with E-state index in [4.69, 9.17) is 11.6 Å². The van der Waals surface area contributed by atoms with Gasteiger partial charge in [0.25, 0.3) is 0 Å². The number of alkyl halides is 1. The lowest BCUT2D eigenvalue weighted by Gasteiger charge is -2.15. The number of benzene rings is 1. The second-order valence-corrected chi connectivity index (χ2v) is 4.73. The van der Waals surface area contributed by atoms with E-state index in [1.807, 2.05) is 0 Å². The predicted octanol–water partition coefficient (Wildman–Crippen LogP) is 3.14. The molecule has 1 aliphatic rings. The lowest BCUT2D eigenvalue weighted by Crippen LogP contribution is -2.20. The monoisotopic (exact) mass is 223 g/mol. The van der Waals surface area contributed by atoms with Crippen LogP contribution in [0.4, 0.5) is 0 Å². The van der Waals surface area contributed by atoms with Gasteiger partial charge in [-0.2, -0.15) is 0 Å². The van der Waals surface area contributed by atoms with Crippen LogP contribution in [0, 0.1) is 5.92 Å². The third-order valence-electron chi connectivity index (χ3n) is 3.14. The summed E-state index contributed by atoms with van der Waals surface area (Å²) in [7, 11) is 0. The van der Waals surface area contributed by atoms with Crippen LogP contribution in [0.1, 0.15) is 18.4 Å². The Labute approximate surface area is 97.0 Å². The van der Waals surface area contributed by atoms with E-state index in [0.717, 1.165) is 18.3 Å². The Morgan fingerprint density at radius 1 is 1.27 bits per heavy atom. The van der Waals surface area contributed by atoms with Crippen molar-refractivity contribution in [3.05, 3.63) is 35.9 Å². The minimum absolute atomic E-state index is 0.809. The van der Waals surface area contributed by atoms with Gasteiger partial charge in [0.15, 0.2) is 0 Å². The van der Waals surface area contributed by atoms with Gasteiger partial charge in [0.05, 0.1) is 0 Å². The summed E-state index contributed by atoms with van der Waals surface area (Å²) in [6, 6.07) is 10.7. The number of rotatable bonds is 4. The van der Waals surface area contributed by atoms with Gasteiger partial charge >= 0.3 is 0 Å². The molecule has 15 heavy (non-hydrogen) atoms. The quantitative estimate of drug-likeness (QED) is 0.709. The van der Waals surface area contributed by atoms with Gasteiger partial charge in [0.2, 0.25) is 0 Å². The van der Waals surface area contributed by atoms with E-state index in [1.54, 1.807) is 0 Å². The summed E-state index contributed by atoms with van der Waals surface area (Å²) in [5.74, 6) is 1.63. The summed E-state index contributed by atoms with van der Waals surface area (Å²) in [6.45, 7) is 3.55. The molecule has 1 aromatic carbocycles. The molecule has 1 fully saturated rings. The Morgan fingerprint density at radius 2 is 2.07 bits per heavy atom. The van der Waals surface area contributed by atoms with Crippen molar-refractivity contribution in [1.29, 1.82) is 0 Å². The minimum Gasteiger partial charge on any atom is -0.299 e. The lowest BCUT2D eigenvalue weighted by molar-refractivity contribution is 0.315. The predicted molar refractivity (Wildman–Crippen MR) is 65.2 cm³/mol. The van der Waals surface area contributed by atoms with Crippen molar-refractivity contribution in [3.63, 3.8) is 0 Å². The Morgan fingerprint density at radius 3 is 2.80 bits per heavy atom. The van der Waals surface area contributed by atoms with Crippen LogP contribution in [0.25, 0.3) is 0 Å². The molecule has 0 amide bonds. The molecule has 0 N–H and O–H groups in total. The molecule has 1 atom stereocenters. The number of likely N-dealkylation sites (tertiary alicyclic amines) is 1. The van der Waals surface area contributed by atoms with Crippen LogP contribution in [0.3, 0.4) is 0 Å². The van der Waals surface area contributed by atoms with Gasteiger partial charge in [-0.3, -0.25) is 4.90 Å². The van der Waals surface area contributed by atoms with Crippen LogP contribution >= 0.6 is 11.6 Å². The lowest BCUT2D eigenvalue weighted by atomic mass is 10.1. The zero-order valence-corrected chi connectivity index (χ0v) is 9.79. The average Bonchev–Trinajstić information content (AvgIpc) is 2.68. The van der Waals surface area contributed by atoms with Gasteiger partial charge in [-0.25, -0.2) is 0 Å². The molecule has 1 aliphatic heterocycles. The number of nitrogens with zero attached hydrogens (tertiary/aromatic N) is 1. The number of hydrogen-bond donors (Lipinski definition) is 0. The largest absolute Gasteiger partial charge is 0.299 e. The zero-order valence-electron chi connectivity index (χ0n) is 9.03. The Balaban J connectivity index is 1.82. The van der Waals surface area contributed by atoms with E-state index in [1.165, 1.54) is 31.5 Å². The normalized spacial score (nSPS) is 22.1. The van der Waals surface area contributed by atoms with Crippen molar-refractivity contribution >= 4 is 11.6 Å². The first-order chi connectivity index (χ1) is 7.38. The van der Waals surface area contributed by atoms with Gasteiger partial charge in [0, 0.05) is 19.0 Å². The summed E-state index contributed by atoms with van der Waals surface area (Å²) in [6.07, 6.45) is 2.49. The molecule has 0 bridgehead atoms. The molecular weight excluding hydrogens is 206 g/mol. The summed E-state index contributed by atoms with van der Waals surface area (Å²) in [4.78, 5) is 2.53. The fraction of sp³-hybridized carbons (Fsp3) is 0.538. The molecule has 2 heteroatoms. The molecule has 1 saturated heterocycles. The summed E-state index contributed by atoms with van der Waals surface area (Å²) >= 11 is 5.77. The van der Waals surface area contributed by atoms with E-state index in [2.05, 4.69) is 35.2 Å². The van der Waals surface area contributed by atoms with E-state index >= 15 is 0 Å². The topological polar surface area (TPSA) is 3.24 Å². The van der Waals surface area contributed by atoms with Crippen molar-refractivity contribution in [2.45, 2.75) is 19.4 Å². The first-order valence-corrected chi connectivity index (χ1v) is 6.24. The Hall–Kier alpha value is -0.530. The molecule has 1 aromatic rings. The molecule has 1 nitrogen and oxygen atoms in total. The van der Waals surface area contributed by atoms with Crippen molar-refractivity contribution in [2.75, 3.05) is 19.0 Å². The first-order valence-electron chi connectivity index (χ1n) is 5.70. The van der Waals surface area contributed by atoms with E-state index in [0.29, 0.717) is 0 Å². The molecule has 0 aliphatic carbocycles. The van der Waals surface area contributed by atoms with Gasteiger partial charge in [-0.15, -0.1) is 11.6 Å². The highest BCUT2D eigenvalue weighted by Crippen LogP contribution is 2.21. The molecule has 82 valence electrons. The fourth-order valence-electron chi connectivity index (χ4n) is 2.29. The molecule has 0 radical (unpaired) electrons. The highest BCUT2D eigenvalue weighted by atomic mass is 35.5. The van der Waals surface area contributed by atoms with Gasteiger partial charge in [-0.1, -0.05) is 30.3 Å². The first kappa shape index (κ1) is 11.0. The van der Waals surface area contributed by atoms with Crippen LogP contribution in [0.2, 0.25) is 0 Å². The molecule has 2 rings (SSSR count). The van der Waals surface area contributed by atoms with Crippen LogP contribution in [0.5, 0.6) is 0 Å². The van der Waals surface area contributed by atoms with Crippen molar-refractivity contribution < 1.29 is 0 Å². The third kappa shape index (κ3) is 3.22. The smallest absolute Gasteiger partial charge is 0.0233 e. The van der Waals surface area contributed by atoms with Gasteiger partial charge in [-0.05, 0) is 30.9 Å². The molecule has 0 unspecified atom stereocenters. The summed E-state index contributed by atoms with van der Waals surface area (Å²) < 4.78 is 0. The van der Waals surface area contributed by atoms with Crippen molar-refractivity contribution in [3.8, 4) is 0 Å². The van der Waals surface area contributed by atoms with Crippen molar-refractivity contribution in [2.24, 2.45) is 5.92 Å². The van der Waals surface area contributed by atoms with Crippen molar-refractivity contribution in [1.82, 2.24) is 4.90 Å². The van der Waals surface area contributed by atoms with Crippen LogP contribution in [0.15, 0.2) is 30.3 Å². The van der Waals surface area contributed by atoms with E-state index in [9.17, 15) is 0 Å². The van der Waals surface area contributed by atoms with E-state index < -0.39 is 0 Å². The highest BCUT2D eigenvalue weighted by Gasteiger charge is 2.21. The second-order valence-electron chi connectivity index (χ2n) is 4.35. The molecule has 0 saturated carbocycles. The third-order valence-corrected chi connectivity index (χ3v) is 3.35. The maximum Gasteiger partial charge on any atom is 0.0233 e. The average molecular weight is 224 g/mol. The SMILES string of the molecule is ClCC[C@H]1CCN(Cc2ccccc2)C1. The van der Waals surface area contributed by atoms with Gasteiger partial charge < -0.3 is 0 Å². The number of halogens is 1. The maximum absolute atomic E-state index is 5.77. The van der Waals surface area contributed by atoms with Crippen LogP contribution < -0.4 is 0 Å². The highest BCUT2D eigenvalue weighted by molar-refractivity contribution is 6.17.